The molecular formula is C32H28Cl2N2O4. The van der Waals surface area contributed by atoms with E-state index in [1.807, 2.05) is 78.9 Å². The van der Waals surface area contributed by atoms with Crippen LogP contribution in [0.25, 0.3) is 0 Å². The maximum Gasteiger partial charge on any atom is 0.243 e. The first-order chi connectivity index (χ1) is 19.4. The van der Waals surface area contributed by atoms with Gasteiger partial charge in [-0.15, -0.1) is 23.2 Å². The Bertz CT molecular complexity index is 1400. The van der Waals surface area contributed by atoms with Crippen LogP contribution in [0.1, 0.15) is 40.7 Å². The molecule has 6 nitrogen and oxygen atoms in total. The van der Waals surface area contributed by atoms with Crippen molar-refractivity contribution < 1.29 is 19.1 Å². The van der Waals surface area contributed by atoms with E-state index in [-0.39, 0.29) is 12.5 Å². The normalized spacial score (nSPS) is 30.6. The molecular weight excluding hydrogens is 547 g/mol. The molecule has 5 aliphatic rings. The smallest absolute Gasteiger partial charge is 0.243 e. The first-order valence-corrected chi connectivity index (χ1v) is 14.5. The number of carbonyl (C=O) groups excluding carboxylic acids is 3. The highest BCUT2D eigenvalue weighted by Crippen LogP contribution is 2.69. The fourth-order valence-electron chi connectivity index (χ4n) is 7.27. The van der Waals surface area contributed by atoms with Crippen molar-refractivity contribution in [2.75, 3.05) is 13.2 Å². The number of ether oxygens (including phenoxy) is 1. The standard InChI is InChI=1S/C32H28Cl2N2O4/c33-31-21-12-4-5-13-22(21)32(34,24-15-7-6-14-23(24)31)27-26(31)29(38)36(30(27)39)25(17-19-9-2-1-3-10-19)28(37)35-18-20-11-8-16-40-20/h1-7,9-10,12-15,20,25-27H,8,11,16-18H2,(H,35,37)/t20-,25-,26-,27-,31?,32?/m0/s1. The average Bonchev–Trinajstić information content (AvgIpc) is 3.60. The van der Waals surface area contributed by atoms with Crippen LogP contribution in [0.5, 0.6) is 0 Å². The summed E-state index contributed by atoms with van der Waals surface area (Å²) in [5.74, 6) is -3.23. The lowest BCUT2D eigenvalue weighted by Gasteiger charge is -2.54. The van der Waals surface area contributed by atoms with Crippen molar-refractivity contribution in [3.8, 4) is 0 Å². The van der Waals surface area contributed by atoms with Gasteiger partial charge in [0.2, 0.25) is 17.7 Å². The van der Waals surface area contributed by atoms with Gasteiger partial charge in [-0.1, -0.05) is 78.9 Å². The van der Waals surface area contributed by atoms with E-state index in [2.05, 4.69) is 5.32 Å². The van der Waals surface area contributed by atoms with E-state index < -0.39 is 45.3 Å². The van der Waals surface area contributed by atoms with E-state index in [4.69, 9.17) is 27.9 Å². The van der Waals surface area contributed by atoms with Crippen molar-refractivity contribution in [3.05, 3.63) is 107 Å². The number of benzene rings is 3. The molecule has 2 fully saturated rings. The van der Waals surface area contributed by atoms with Gasteiger partial charge in [-0.3, -0.25) is 19.3 Å². The molecule has 4 atom stereocenters. The van der Waals surface area contributed by atoms with Gasteiger partial charge >= 0.3 is 0 Å². The van der Waals surface area contributed by atoms with Crippen LogP contribution in [-0.2, 0) is 35.3 Å². The van der Waals surface area contributed by atoms with Gasteiger partial charge < -0.3 is 10.1 Å². The van der Waals surface area contributed by atoms with E-state index >= 15 is 0 Å². The Kier molecular flexibility index (Phi) is 6.08. The minimum Gasteiger partial charge on any atom is -0.376 e. The molecule has 2 heterocycles. The predicted molar refractivity (Wildman–Crippen MR) is 151 cm³/mol. The van der Waals surface area contributed by atoms with Gasteiger partial charge in [-0.05, 0) is 40.7 Å². The monoisotopic (exact) mass is 574 g/mol. The molecule has 204 valence electrons. The molecule has 1 N–H and O–H groups in total. The van der Waals surface area contributed by atoms with Crippen LogP contribution in [0.2, 0.25) is 0 Å². The number of nitrogens with zero attached hydrogens (tertiary/aromatic N) is 1. The number of hydrogen-bond donors (Lipinski definition) is 1. The van der Waals surface area contributed by atoms with Crippen LogP contribution in [0, 0.1) is 11.8 Å². The number of alkyl halides is 2. The largest absolute Gasteiger partial charge is 0.376 e. The number of likely N-dealkylation sites (tertiary alicyclic amines) is 1. The zero-order chi connectivity index (χ0) is 27.6. The Morgan fingerprint density at radius 2 is 1.35 bits per heavy atom. The maximum absolute atomic E-state index is 14.5. The SMILES string of the molecule is O=C(NC[C@@H]1CCCO1)[C@H](Cc1ccccc1)N1C(=O)[C@@H]2[C@@H](C1=O)C1(Cl)c3ccccc3C2(Cl)c2ccccc21. The highest BCUT2D eigenvalue weighted by molar-refractivity contribution is 6.36. The zero-order valence-corrected chi connectivity index (χ0v) is 23.2. The number of halogens is 2. The van der Waals surface area contributed by atoms with Gasteiger partial charge in [0, 0.05) is 19.6 Å². The van der Waals surface area contributed by atoms with Crippen LogP contribution in [0.15, 0.2) is 78.9 Å². The second kappa shape index (κ2) is 9.44. The molecule has 3 aliphatic carbocycles. The van der Waals surface area contributed by atoms with E-state index in [0.29, 0.717) is 13.2 Å². The number of nitrogens with one attached hydrogen (secondary N) is 1. The summed E-state index contributed by atoms with van der Waals surface area (Å²) in [5, 5.41) is 2.96. The molecule has 0 spiro atoms. The van der Waals surface area contributed by atoms with Crippen LogP contribution in [-0.4, -0.2) is 47.9 Å². The van der Waals surface area contributed by atoms with Gasteiger partial charge in [0.15, 0.2) is 0 Å². The molecule has 2 aliphatic heterocycles. The molecule has 3 aromatic rings. The second-order valence-corrected chi connectivity index (χ2v) is 12.3. The van der Waals surface area contributed by atoms with Crippen molar-refractivity contribution in [1.82, 2.24) is 10.2 Å². The number of imide groups is 1. The highest BCUT2D eigenvalue weighted by atomic mass is 35.5. The topological polar surface area (TPSA) is 75.7 Å². The van der Waals surface area contributed by atoms with Crippen molar-refractivity contribution in [1.29, 1.82) is 0 Å². The van der Waals surface area contributed by atoms with Crippen molar-refractivity contribution >= 4 is 40.9 Å². The molecule has 3 aromatic carbocycles. The Morgan fingerprint density at radius 1 is 0.850 bits per heavy atom. The third kappa shape index (κ3) is 3.49. The Labute approximate surface area is 242 Å². The first kappa shape index (κ1) is 25.8. The van der Waals surface area contributed by atoms with Crippen molar-refractivity contribution in [3.63, 3.8) is 0 Å². The molecule has 0 saturated carbocycles. The Balaban J connectivity index is 1.33. The zero-order valence-electron chi connectivity index (χ0n) is 21.7. The van der Waals surface area contributed by atoms with E-state index in [0.717, 1.165) is 45.6 Å². The van der Waals surface area contributed by atoms with Gasteiger partial charge in [-0.25, -0.2) is 0 Å². The number of hydrogen-bond acceptors (Lipinski definition) is 4. The van der Waals surface area contributed by atoms with Crippen LogP contribution in [0.4, 0.5) is 0 Å². The number of carbonyl (C=O) groups is 3. The van der Waals surface area contributed by atoms with Crippen LogP contribution >= 0.6 is 23.2 Å². The fourth-order valence-corrected chi connectivity index (χ4v) is 8.37. The lowest BCUT2D eigenvalue weighted by molar-refractivity contribution is -0.148. The van der Waals surface area contributed by atoms with E-state index in [1.165, 1.54) is 0 Å². The van der Waals surface area contributed by atoms with E-state index in [9.17, 15) is 14.4 Å². The molecule has 8 rings (SSSR count). The van der Waals surface area contributed by atoms with Gasteiger partial charge in [-0.2, -0.15) is 0 Å². The summed E-state index contributed by atoms with van der Waals surface area (Å²) >= 11 is 15.1. The number of rotatable bonds is 6. The summed E-state index contributed by atoms with van der Waals surface area (Å²) in [4.78, 5) is 41.3. The van der Waals surface area contributed by atoms with Crippen molar-refractivity contribution in [2.24, 2.45) is 11.8 Å². The molecule has 3 amide bonds. The molecule has 2 saturated heterocycles. The fraction of sp³-hybridized carbons (Fsp3) is 0.344. The molecule has 0 radical (unpaired) electrons. The third-order valence-corrected chi connectivity index (χ3v) is 10.3. The Morgan fingerprint density at radius 3 is 1.82 bits per heavy atom. The second-order valence-electron chi connectivity index (χ2n) is 11.1. The average molecular weight is 575 g/mol. The summed E-state index contributed by atoms with van der Waals surface area (Å²) in [7, 11) is 0. The van der Waals surface area contributed by atoms with Crippen LogP contribution < -0.4 is 5.32 Å². The molecule has 2 bridgehead atoms. The minimum atomic E-state index is -1.29. The summed E-state index contributed by atoms with van der Waals surface area (Å²) in [6.45, 7) is 0.986. The lowest BCUT2D eigenvalue weighted by Crippen LogP contribution is -2.57. The van der Waals surface area contributed by atoms with Crippen molar-refractivity contribution in [2.45, 2.75) is 41.2 Å². The van der Waals surface area contributed by atoms with Gasteiger partial charge in [0.1, 0.15) is 15.8 Å². The van der Waals surface area contributed by atoms with E-state index in [1.54, 1.807) is 0 Å². The summed E-state index contributed by atoms with van der Waals surface area (Å²) in [6, 6.07) is 23.4. The first-order valence-electron chi connectivity index (χ1n) is 13.7. The van der Waals surface area contributed by atoms with Gasteiger partial charge in [0.05, 0.1) is 17.9 Å². The summed E-state index contributed by atoms with van der Waals surface area (Å²) < 4.78 is 5.68. The quantitative estimate of drug-likeness (QED) is 0.348. The van der Waals surface area contributed by atoms with Gasteiger partial charge in [0.25, 0.3) is 0 Å². The summed E-state index contributed by atoms with van der Waals surface area (Å²) in [5.41, 5.74) is 3.77. The Hall–Kier alpha value is -3.19. The molecule has 0 aromatic heterocycles. The summed E-state index contributed by atoms with van der Waals surface area (Å²) in [6.07, 6.45) is 1.90. The third-order valence-electron chi connectivity index (χ3n) is 9.03. The van der Waals surface area contributed by atoms with Crippen LogP contribution in [0.3, 0.4) is 0 Å². The molecule has 0 unspecified atom stereocenters. The number of amides is 3. The highest BCUT2D eigenvalue weighted by Gasteiger charge is 2.73. The lowest BCUT2D eigenvalue weighted by atomic mass is 9.54. The molecule has 40 heavy (non-hydrogen) atoms. The molecule has 8 heteroatoms. The minimum absolute atomic E-state index is 0.0778. The maximum atomic E-state index is 14.5. The predicted octanol–water partition coefficient (Wildman–Crippen LogP) is 4.49.